The van der Waals surface area contributed by atoms with Gasteiger partial charge in [0.15, 0.2) is 0 Å². The van der Waals surface area contributed by atoms with Crippen molar-refractivity contribution in [3.8, 4) is 11.5 Å². The third-order valence-corrected chi connectivity index (χ3v) is 2.61. The Morgan fingerprint density at radius 1 is 1.11 bits per heavy atom. The van der Waals surface area contributed by atoms with Crippen LogP contribution in [0, 0.1) is 0 Å². The topological polar surface area (TPSA) is 46.5 Å². The lowest BCUT2D eigenvalue weighted by Gasteiger charge is -2.08. The summed E-state index contributed by atoms with van der Waals surface area (Å²) in [4.78, 5) is 10.4. The zero-order chi connectivity index (χ0) is 12.8. The molecule has 0 spiro atoms. The first kappa shape index (κ1) is 12.2. The molecule has 0 saturated heterocycles. The highest BCUT2D eigenvalue weighted by Crippen LogP contribution is 2.24. The fraction of sp³-hybridized carbons (Fsp3) is 0.133. The molecule has 3 nitrogen and oxygen atoms in total. The lowest BCUT2D eigenvalue weighted by molar-refractivity contribution is -0.107. The van der Waals surface area contributed by atoms with Crippen molar-refractivity contribution < 1.29 is 14.6 Å². The molecule has 0 fully saturated rings. The molecule has 0 heterocycles. The number of rotatable bonds is 5. The van der Waals surface area contributed by atoms with Crippen LogP contribution in [0.2, 0.25) is 0 Å². The van der Waals surface area contributed by atoms with Crippen LogP contribution in [0.25, 0.3) is 0 Å². The fourth-order valence-corrected chi connectivity index (χ4v) is 1.64. The predicted octanol–water partition coefficient (Wildman–Crippen LogP) is 2.71. The molecular weight excluding hydrogens is 228 g/mol. The molecule has 0 aliphatic carbocycles. The summed E-state index contributed by atoms with van der Waals surface area (Å²) in [5, 5.41) is 9.68. The van der Waals surface area contributed by atoms with E-state index in [-0.39, 0.29) is 12.2 Å². The second kappa shape index (κ2) is 5.87. The first-order chi connectivity index (χ1) is 8.79. The summed E-state index contributed by atoms with van der Waals surface area (Å²) in [5.74, 6) is 0.679. The first-order valence-corrected chi connectivity index (χ1v) is 5.72. The third-order valence-electron chi connectivity index (χ3n) is 2.61. The minimum atomic E-state index is 0.0904. The number of ether oxygens (including phenoxy) is 1. The highest BCUT2D eigenvalue weighted by atomic mass is 16.5. The summed E-state index contributed by atoms with van der Waals surface area (Å²) in [6, 6.07) is 14.8. The Morgan fingerprint density at radius 2 is 1.89 bits per heavy atom. The van der Waals surface area contributed by atoms with E-state index in [9.17, 15) is 9.90 Å². The molecule has 1 N–H and O–H groups in total. The van der Waals surface area contributed by atoms with Crippen LogP contribution in [-0.2, 0) is 17.8 Å². The summed E-state index contributed by atoms with van der Waals surface area (Å²) in [5.41, 5.74) is 1.67. The maximum Gasteiger partial charge on any atom is 0.124 e. The van der Waals surface area contributed by atoms with Crippen LogP contribution in [0.3, 0.4) is 0 Å². The molecule has 18 heavy (non-hydrogen) atoms. The van der Waals surface area contributed by atoms with Gasteiger partial charge in [0.2, 0.25) is 0 Å². The summed E-state index contributed by atoms with van der Waals surface area (Å²) in [7, 11) is 0. The van der Waals surface area contributed by atoms with Crippen LogP contribution in [0.15, 0.2) is 48.5 Å². The van der Waals surface area contributed by atoms with Gasteiger partial charge in [0.25, 0.3) is 0 Å². The minimum Gasteiger partial charge on any atom is -0.508 e. The number of carbonyl (C=O) groups excluding carboxylic acids is 1. The molecule has 0 amide bonds. The van der Waals surface area contributed by atoms with Crippen molar-refractivity contribution in [2.75, 3.05) is 0 Å². The van der Waals surface area contributed by atoms with Gasteiger partial charge < -0.3 is 14.6 Å². The third kappa shape index (κ3) is 3.10. The van der Waals surface area contributed by atoms with E-state index in [1.54, 1.807) is 12.1 Å². The quantitative estimate of drug-likeness (QED) is 0.820. The second-order valence-corrected chi connectivity index (χ2v) is 3.94. The monoisotopic (exact) mass is 242 g/mol. The molecule has 0 aromatic heterocycles. The van der Waals surface area contributed by atoms with Gasteiger partial charge in [-0.25, -0.2) is 0 Å². The predicted molar refractivity (Wildman–Crippen MR) is 68.6 cm³/mol. The SMILES string of the molecule is O=CCc1ccc(OCc2ccccc2)cc1O. The smallest absolute Gasteiger partial charge is 0.124 e. The fourth-order valence-electron chi connectivity index (χ4n) is 1.64. The van der Waals surface area contributed by atoms with Crippen molar-refractivity contribution in [1.82, 2.24) is 0 Å². The van der Waals surface area contributed by atoms with Gasteiger partial charge in [-0.05, 0) is 11.6 Å². The van der Waals surface area contributed by atoms with Crippen LogP contribution in [0.5, 0.6) is 11.5 Å². The molecule has 0 atom stereocenters. The largest absolute Gasteiger partial charge is 0.508 e. The average molecular weight is 242 g/mol. The number of hydrogen-bond acceptors (Lipinski definition) is 3. The molecule has 0 radical (unpaired) electrons. The molecule has 0 bridgehead atoms. The Hall–Kier alpha value is -2.29. The Morgan fingerprint density at radius 3 is 2.56 bits per heavy atom. The number of carbonyl (C=O) groups is 1. The zero-order valence-electron chi connectivity index (χ0n) is 9.87. The van der Waals surface area contributed by atoms with Crippen LogP contribution in [0.4, 0.5) is 0 Å². The van der Waals surface area contributed by atoms with Gasteiger partial charge >= 0.3 is 0 Å². The minimum absolute atomic E-state index is 0.0904. The maximum atomic E-state index is 10.4. The van der Waals surface area contributed by atoms with E-state index >= 15 is 0 Å². The molecular formula is C15H14O3. The van der Waals surface area contributed by atoms with Gasteiger partial charge in [0.05, 0.1) is 0 Å². The molecule has 0 aliphatic heterocycles. The average Bonchev–Trinajstić information content (AvgIpc) is 2.41. The van der Waals surface area contributed by atoms with Gasteiger partial charge in [0.1, 0.15) is 24.4 Å². The normalized spacial score (nSPS) is 10.0. The molecule has 2 rings (SSSR count). The number of benzene rings is 2. The van der Waals surface area contributed by atoms with Crippen molar-refractivity contribution >= 4 is 6.29 Å². The van der Waals surface area contributed by atoms with Crippen LogP contribution < -0.4 is 4.74 Å². The Balaban J connectivity index is 2.02. The van der Waals surface area contributed by atoms with E-state index in [4.69, 9.17) is 4.74 Å². The molecule has 2 aromatic carbocycles. The van der Waals surface area contributed by atoms with Crippen molar-refractivity contribution in [1.29, 1.82) is 0 Å². The van der Waals surface area contributed by atoms with Crippen molar-refractivity contribution in [2.24, 2.45) is 0 Å². The molecule has 92 valence electrons. The van der Waals surface area contributed by atoms with Crippen molar-refractivity contribution in [3.05, 3.63) is 59.7 Å². The molecule has 0 aliphatic rings. The van der Waals surface area contributed by atoms with Gasteiger partial charge in [-0.15, -0.1) is 0 Å². The van der Waals surface area contributed by atoms with E-state index in [1.807, 2.05) is 30.3 Å². The molecule has 2 aromatic rings. The highest BCUT2D eigenvalue weighted by Gasteiger charge is 2.03. The molecule has 3 heteroatoms. The van der Waals surface area contributed by atoms with E-state index in [2.05, 4.69) is 0 Å². The summed E-state index contributed by atoms with van der Waals surface area (Å²) < 4.78 is 5.56. The molecule has 0 saturated carbocycles. The number of aromatic hydroxyl groups is 1. The standard InChI is InChI=1S/C15H14O3/c16-9-8-13-6-7-14(10-15(13)17)18-11-12-4-2-1-3-5-12/h1-7,9-10,17H,8,11H2. The Bertz CT molecular complexity index is 521. The van der Waals surface area contributed by atoms with Gasteiger partial charge in [-0.2, -0.15) is 0 Å². The van der Waals surface area contributed by atoms with E-state index in [0.717, 1.165) is 11.8 Å². The van der Waals surface area contributed by atoms with Gasteiger partial charge in [-0.3, -0.25) is 0 Å². The van der Waals surface area contributed by atoms with Crippen LogP contribution in [-0.4, -0.2) is 11.4 Å². The van der Waals surface area contributed by atoms with E-state index in [0.29, 0.717) is 17.9 Å². The van der Waals surface area contributed by atoms with Gasteiger partial charge in [0, 0.05) is 18.1 Å². The number of hydrogen-bond donors (Lipinski definition) is 1. The van der Waals surface area contributed by atoms with Crippen LogP contribution >= 0.6 is 0 Å². The van der Waals surface area contributed by atoms with E-state index < -0.39 is 0 Å². The first-order valence-electron chi connectivity index (χ1n) is 5.72. The number of phenols is 1. The number of aldehydes is 1. The van der Waals surface area contributed by atoms with Crippen molar-refractivity contribution in [2.45, 2.75) is 13.0 Å². The Labute approximate surface area is 106 Å². The lowest BCUT2D eigenvalue weighted by Crippen LogP contribution is -1.95. The van der Waals surface area contributed by atoms with Crippen molar-refractivity contribution in [3.63, 3.8) is 0 Å². The van der Waals surface area contributed by atoms with Crippen LogP contribution in [0.1, 0.15) is 11.1 Å². The van der Waals surface area contributed by atoms with Gasteiger partial charge in [-0.1, -0.05) is 36.4 Å². The summed E-state index contributed by atoms with van der Waals surface area (Å²) in [6.45, 7) is 0.452. The highest BCUT2D eigenvalue weighted by molar-refractivity contribution is 5.58. The second-order valence-electron chi connectivity index (χ2n) is 3.94. The Kier molecular flexibility index (Phi) is 3.97. The number of phenolic OH excluding ortho intramolecular Hbond substituents is 1. The van der Waals surface area contributed by atoms with E-state index in [1.165, 1.54) is 6.07 Å². The lowest BCUT2D eigenvalue weighted by atomic mass is 10.1. The zero-order valence-corrected chi connectivity index (χ0v) is 9.87. The molecule has 0 unspecified atom stereocenters. The summed E-state index contributed by atoms with van der Waals surface area (Å²) in [6.07, 6.45) is 0.977. The summed E-state index contributed by atoms with van der Waals surface area (Å²) >= 11 is 0. The maximum absolute atomic E-state index is 10.4.